The van der Waals surface area contributed by atoms with Crippen LogP contribution in [0.4, 0.5) is 4.39 Å². The zero-order valence-electron chi connectivity index (χ0n) is 8.52. The summed E-state index contributed by atoms with van der Waals surface area (Å²) in [4.78, 5) is 7.92. The Bertz CT molecular complexity index is 696. The molecule has 0 aliphatic rings. The van der Waals surface area contributed by atoms with E-state index in [9.17, 15) is 4.39 Å². The van der Waals surface area contributed by atoms with Gasteiger partial charge in [-0.25, -0.2) is 14.4 Å². The predicted octanol–water partition coefficient (Wildman–Crippen LogP) is 3.79. The Morgan fingerprint density at radius 3 is 2.94 bits per heavy atom. The fraction of sp³-hybridized carbons (Fsp3) is 0. The standard InChI is InChI=1S/C12H6BrFN2O/c13-12-8(5-15-6-16-12)10-4-7-2-1-3-9(14)11(7)17-10/h1-6H. The zero-order valence-corrected chi connectivity index (χ0v) is 10.1. The molecule has 17 heavy (non-hydrogen) atoms. The number of para-hydroxylation sites is 1. The van der Waals surface area contributed by atoms with Gasteiger partial charge in [0.25, 0.3) is 0 Å². The minimum absolute atomic E-state index is 0.248. The number of furan rings is 1. The van der Waals surface area contributed by atoms with Crippen LogP contribution in [0.25, 0.3) is 22.3 Å². The molecule has 0 N–H and O–H groups in total. The van der Waals surface area contributed by atoms with E-state index in [1.165, 1.54) is 12.4 Å². The third-order valence-corrected chi connectivity index (χ3v) is 3.06. The molecule has 0 amide bonds. The van der Waals surface area contributed by atoms with Crippen molar-refractivity contribution in [1.29, 1.82) is 0 Å². The van der Waals surface area contributed by atoms with Gasteiger partial charge >= 0.3 is 0 Å². The van der Waals surface area contributed by atoms with Gasteiger partial charge in [-0.1, -0.05) is 12.1 Å². The van der Waals surface area contributed by atoms with Crippen molar-refractivity contribution >= 4 is 26.9 Å². The Labute approximate surface area is 104 Å². The first-order valence-corrected chi connectivity index (χ1v) is 5.69. The average Bonchev–Trinajstić information content (AvgIpc) is 2.75. The second-order valence-corrected chi connectivity index (χ2v) is 4.25. The number of hydrogen-bond donors (Lipinski definition) is 0. The van der Waals surface area contributed by atoms with E-state index in [0.29, 0.717) is 15.9 Å². The number of nitrogens with zero attached hydrogens (tertiary/aromatic N) is 2. The zero-order chi connectivity index (χ0) is 11.8. The smallest absolute Gasteiger partial charge is 0.170 e. The van der Waals surface area contributed by atoms with Gasteiger partial charge in [-0.05, 0) is 28.1 Å². The lowest BCUT2D eigenvalue weighted by atomic mass is 10.2. The molecule has 3 aromatic rings. The van der Waals surface area contributed by atoms with Crippen LogP contribution in [0.3, 0.4) is 0 Å². The Morgan fingerprint density at radius 1 is 1.29 bits per heavy atom. The molecule has 0 aliphatic carbocycles. The third kappa shape index (κ3) is 1.72. The molecule has 0 aliphatic heterocycles. The molecule has 0 spiro atoms. The van der Waals surface area contributed by atoms with E-state index < -0.39 is 0 Å². The highest BCUT2D eigenvalue weighted by Crippen LogP contribution is 2.31. The first kappa shape index (κ1) is 10.4. The highest BCUT2D eigenvalue weighted by Gasteiger charge is 2.12. The molecule has 3 nitrogen and oxygen atoms in total. The van der Waals surface area contributed by atoms with Gasteiger partial charge in [0.05, 0.1) is 5.56 Å². The van der Waals surface area contributed by atoms with Crippen molar-refractivity contribution in [3.8, 4) is 11.3 Å². The number of rotatable bonds is 1. The first-order chi connectivity index (χ1) is 8.25. The van der Waals surface area contributed by atoms with Crippen LogP contribution in [0.1, 0.15) is 0 Å². The summed E-state index contributed by atoms with van der Waals surface area (Å²) in [5.41, 5.74) is 0.946. The molecule has 0 fully saturated rings. The number of hydrogen-bond acceptors (Lipinski definition) is 3. The first-order valence-electron chi connectivity index (χ1n) is 4.89. The maximum atomic E-state index is 13.5. The van der Waals surface area contributed by atoms with Gasteiger partial charge in [-0.15, -0.1) is 0 Å². The summed E-state index contributed by atoms with van der Waals surface area (Å²) in [7, 11) is 0. The number of aromatic nitrogens is 2. The minimum Gasteiger partial charge on any atom is -0.453 e. The van der Waals surface area contributed by atoms with Crippen molar-refractivity contribution in [1.82, 2.24) is 9.97 Å². The molecule has 0 saturated heterocycles. The molecule has 5 heteroatoms. The van der Waals surface area contributed by atoms with Crippen LogP contribution in [-0.4, -0.2) is 9.97 Å². The van der Waals surface area contributed by atoms with Crippen LogP contribution >= 0.6 is 15.9 Å². The fourth-order valence-electron chi connectivity index (χ4n) is 1.64. The lowest BCUT2D eigenvalue weighted by molar-refractivity contribution is 0.568. The molecule has 84 valence electrons. The van der Waals surface area contributed by atoms with E-state index in [4.69, 9.17) is 4.42 Å². The molecular weight excluding hydrogens is 287 g/mol. The topological polar surface area (TPSA) is 38.9 Å². The van der Waals surface area contributed by atoms with Gasteiger partial charge < -0.3 is 4.42 Å². The van der Waals surface area contributed by atoms with Crippen LogP contribution in [0.15, 0.2) is 45.8 Å². The summed E-state index contributed by atoms with van der Waals surface area (Å²) in [5.74, 6) is 0.166. The molecule has 1 aromatic carbocycles. The van der Waals surface area contributed by atoms with Crippen molar-refractivity contribution in [2.24, 2.45) is 0 Å². The lowest BCUT2D eigenvalue weighted by Crippen LogP contribution is -1.83. The van der Waals surface area contributed by atoms with E-state index in [2.05, 4.69) is 25.9 Å². The maximum absolute atomic E-state index is 13.5. The summed E-state index contributed by atoms with van der Waals surface area (Å²) in [6.07, 6.45) is 3.05. The van der Waals surface area contributed by atoms with E-state index in [1.807, 2.05) is 0 Å². The summed E-state index contributed by atoms with van der Waals surface area (Å²) in [6.45, 7) is 0. The normalized spacial score (nSPS) is 10.9. The highest BCUT2D eigenvalue weighted by atomic mass is 79.9. The Hall–Kier alpha value is -1.75. The summed E-state index contributed by atoms with van der Waals surface area (Å²) < 4.78 is 19.6. The quantitative estimate of drug-likeness (QED) is 0.641. The fourth-order valence-corrected chi connectivity index (χ4v) is 2.03. The number of benzene rings is 1. The van der Waals surface area contributed by atoms with Crippen LogP contribution < -0.4 is 0 Å². The van der Waals surface area contributed by atoms with Crippen molar-refractivity contribution in [2.75, 3.05) is 0 Å². The van der Waals surface area contributed by atoms with Crippen molar-refractivity contribution < 1.29 is 8.81 Å². The van der Waals surface area contributed by atoms with Crippen molar-refractivity contribution in [2.45, 2.75) is 0 Å². The number of fused-ring (bicyclic) bond motifs is 1. The Morgan fingerprint density at radius 2 is 2.18 bits per heavy atom. The highest BCUT2D eigenvalue weighted by molar-refractivity contribution is 9.10. The molecular formula is C12H6BrFN2O. The van der Waals surface area contributed by atoms with E-state index in [1.54, 1.807) is 24.4 Å². The summed E-state index contributed by atoms with van der Waals surface area (Å²) in [5, 5.41) is 0.718. The maximum Gasteiger partial charge on any atom is 0.170 e. The average molecular weight is 293 g/mol. The summed E-state index contributed by atoms with van der Waals surface area (Å²) >= 11 is 3.30. The summed E-state index contributed by atoms with van der Waals surface area (Å²) in [6, 6.07) is 6.57. The SMILES string of the molecule is Fc1cccc2cc(-c3cncnc3Br)oc12. The molecule has 0 saturated carbocycles. The van der Waals surface area contributed by atoms with Gasteiger partial charge in [-0.2, -0.15) is 0 Å². The molecule has 0 atom stereocenters. The van der Waals surface area contributed by atoms with Crippen LogP contribution in [0, 0.1) is 5.82 Å². The van der Waals surface area contributed by atoms with Gasteiger partial charge in [-0.3, -0.25) is 0 Å². The third-order valence-electron chi connectivity index (χ3n) is 2.43. The van der Waals surface area contributed by atoms with Gasteiger partial charge in [0.15, 0.2) is 11.4 Å². The Kier molecular flexibility index (Phi) is 2.40. The molecule has 0 radical (unpaired) electrons. The minimum atomic E-state index is -0.373. The second kappa shape index (κ2) is 3.92. The molecule has 0 unspecified atom stereocenters. The van der Waals surface area contributed by atoms with E-state index >= 15 is 0 Å². The molecule has 2 heterocycles. The Balaban J connectivity index is 2.26. The van der Waals surface area contributed by atoms with Crippen LogP contribution in [0.5, 0.6) is 0 Å². The van der Waals surface area contributed by atoms with Crippen molar-refractivity contribution in [3.05, 3.63) is 47.2 Å². The predicted molar refractivity (Wildman–Crippen MR) is 64.9 cm³/mol. The monoisotopic (exact) mass is 292 g/mol. The lowest BCUT2D eigenvalue weighted by Gasteiger charge is -1.97. The largest absolute Gasteiger partial charge is 0.453 e. The van der Waals surface area contributed by atoms with Crippen LogP contribution in [0.2, 0.25) is 0 Å². The molecule has 0 bridgehead atoms. The second-order valence-electron chi connectivity index (χ2n) is 3.50. The van der Waals surface area contributed by atoms with Gasteiger partial charge in [0.2, 0.25) is 0 Å². The van der Waals surface area contributed by atoms with E-state index in [-0.39, 0.29) is 11.4 Å². The van der Waals surface area contributed by atoms with Crippen LogP contribution in [-0.2, 0) is 0 Å². The molecule has 3 rings (SSSR count). The van der Waals surface area contributed by atoms with Crippen molar-refractivity contribution in [3.63, 3.8) is 0 Å². The molecule has 2 aromatic heterocycles. The van der Waals surface area contributed by atoms with E-state index in [0.717, 1.165) is 5.39 Å². The van der Waals surface area contributed by atoms with Gasteiger partial charge in [0.1, 0.15) is 16.7 Å². The van der Waals surface area contributed by atoms with Gasteiger partial charge in [0, 0.05) is 11.6 Å². The number of halogens is 2.